The first-order valence-corrected chi connectivity index (χ1v) is 12.5. The molecule has 0 unspecified atom stereocenters. The molecule has 4 aromatic rings. The number of non-ortho nitro benzene ring substituents is 1. The maximum Gasteiger partial charge on any atom is 0.269 e. The lowest BCUT2D eigenvalue weighted by Crippen LogP contribution is -2.17. The first-order valence-electron chi connectivity index (χ1n) is 12.5. The molecule has 8 heteroatoms. The Morgan fingerprint density at radius 2 is 1.10 bits per heavy atom. The van der Waals surface area contributed by atoms with Gasteiger partial charge in [0.2, 0.25) is 0 Å². The molecule has 0 atom stereocenters. The van der Waals surface area contributed by atoms with E-state index in [9.17, 15) is 10.1 Å². The number of nitrogens with zero attached hydrogens (tertiary/aromatic N) is 4. The maximum atomic E-state index is 10.7. The first-order chi connectivity index (χ1) is 19.0. The van der Waals surface area contributed by atoms with Gasteiger partial charge < -0.3 is 9.68 Å². The van der Waals surface area contributed by atoms with Gasteiger partial charge in [-0.15, -0.1) is 0 Å². The van der Waals surface area contributed by atoms with Crippen molar-refractivity contribution < 1.29 is 14.6 Å². The molecule has 0 amide bonds. The van der Waals surface area contributed by atoms with Crippen molar-refractivity contribution in [2.75, 3.05) is 7.05 Å². The highest BCUT2D eigenvalue weighted by atomic mass is 16.6. The van der Waals surface area contributed by atoms with E-state index in [4.69, 9.17) is 9.68 Å². The highest BCUT2D eigenvalue weighted by Crippen LogP contribution is 2.13. The fourth-order valence-electron chi connectivity index (χ4n) is 3.80. The van der Waals surface area contributed by atoms with Crippen molar-refractivity contribution in [1.82, 2.24) is 4.90 Å². The summed E-state index contributed by atoms with van der Waals surface area (Å²) < 4.78 is 0. The molecule has 0 aliphatic rings. The van der Waals surface area contributed by atoms with Gasteiger partial charge in [0.1, 0.15) is 13.2 Å². The molecule has 0 N–H and O–H groups in total. The van der Waals surface area contributed by atoms with Gasteiger partial charge in [0.25, 0.3) is 5.69 Å². The van der Waals surface area contributed by atoms with Crippen molar-refractivity contribution in [2.24, 2.45) is 10.3 Å². The van der Waals surface area contributed by atoms with E-state index >= 15 is 0 Å². The second-order valence-corrected chi connectivity index (χ2v) is 9.08. The molecule has 0 saturated carbocycles. The fourth-order valence-corrected chi connectivity index (χ4v) is 3.80. The molecule has 39 heavy (non-hydrogen) atoms. The van der Waals surface area contributed by atoms with Crippen LogP contribution in [0.15, 0.2) is 113 Å². The molecule has 0 spiro atoms. The largest absolute Gasteiger partial charge is 0.391 e. The Hall–Kier alpha value is -4.82. The number of nitro benzene ring substituents is 1. The van der Waals surface area contributed by atoms with E-state index in [0.717, 1.165) is 35.3 Å². The summed E-state index contributed by atoms with van der Waals surface area (Å²) in [4.78, 5) is 23.3. The second kappa shape index (κ2) is 14.2. The van der Waals surface area contributed by atoms with Crippen molar-refractivity contribution in [1.29, 1.82) is 0 Å². The Bertz CT molecular complexity index is 1370. The van der Waals surface area contributed by atoms with E-state index in [2.05, 4.69) is 58.7 Å². The van der Waals surface area contributed by atoms with Gasteiger partial charge in [-0.1, -0.05) is 89.2 Å². The zero-order chi connectivity index (χ0) is 27.3. The van der Waals surface area contributed by atoms with Gasteiger partial charge in [0, 0.05) is 25.2 Å². The molecule has 4 aromatic carbocycles. The van der Waals surface area contributed by atoms with Crippen molar-refractivity contribution in [2.45, 2.75) is 26.3 Å². The minimum atomic E-state index is -0.433. The monoisotopic (exact) mass is 522 g/mol. The second-order valence-electron chi connectivity index (χ2n) is 9.08. The Labute approximate surface area is 227 Å². The lowest BCUT2D eigenvalue weighted by atomic mass is 10.1. The SMILES string of the molecule is CN(Cc1ccc(CO/N=C/c2ccccc2)cc1)Cc1ccc(CO/N=C/c2ccc([N+](=O)[O-])cc2)cc1. The average molecular weight is 523 g/mol. The predicted octanol–water partition coefficient (Wildman–Crippen LogP) is 6.33. The van der Waals surface area contributed by atoms with Gasteiger partial charge in [-0.2, -0.15) is 0 Å². The maximum absolute atomic E-state index is 10.7. The molecule has 0 heterocycles. The highest BCUT2D eigenvalue weighted by Gasteiger charge is 2.04. The molecule has 4 rings (SSSR count). The third-order valence-electron chi connectivity index (χ3n) is 5.87. The van der Waals surface area contributed by atoms with Crippen LogP contribution < -0.4 is 0 Å². The quantitative estimate of drug-likeness (QED) is 0.116. The molecular weight excluding hydrogens is 492 g/mol. The van der Waals surface area contributed by atoms with Crippen LogP contribution in [0, 0.1) is 10.1 Å². The summed E-state index contributed by atoms with van der Waals surface area (Å²) in [7, 11) is 2.10. The van der Waals surface area contributed by atoms with Crippen molar-refractivity contribution in [3.8, 4) is 0 Å². The molecular formula is C31H30N4O4. The third kappa shape index (κ3) is 9.21. The lowest BCUT2D eigenvalue weighted by Gasteiger charge is -2.17. The highest BCUT2D eigenvalue weighted by molar-refractivity contribution is 5.79. The Morgan fingerprint density at radius 1 is 0.667 bits per heavy atom. The predicted molar refractivity (Wildman–Crippen MR) is 152 cm³/mol. The van der Waals surface area contributed by atoms with E-state index in [1.54, 1.807) is 18.3 Å². The van der Waals surface area contributed by atoms with Crippen LogP contribution >= 0.6 is 0 Å². The summed E-state index contributed by atoms with van der Waals surface area (Å²) in [6.45, 7) is 2.42. The van der Waals surface area contributed by atoms with Gasteiger partial charge >= 0.3 is 0 Å². The number of hydrogen-bond donors (Lipinski definition) is 0. The standard InChI is InChI=1S/C31H30N4O4/c1-34(21-27-7-11-29(12-8-27)23-38-32-19-25-5-3-2-4-6-25)22-28-9-13-30(14-10-28)24-39-33-20-26-15-17-31(18-16-26)35(36)37/h2-20H,21-24H2,1H3/b32-19+,33-20+. The third-order valence-corrected chi connectivity index (χ3v) is 5.87. The van der Waals surface area contributed by atoms with E-state index in [0.29, 0.717) is 13.2 Å². The Balaban J connectivity index is 1.16. The van der Waals surface area contributed by atoms with Crippen LogP contribution in [0.5, 0.6) is 0 Å². The summed E-state index contributed by atoms with van der Waals surface area (Å²) in [5.41, 5.74) is 6.29. The van der Waals surface area contributed by atoms with Gasteiger partial charge in [-0.25, -0.2) is 0 Å². The fraction of sp³-hybridized carbons (Fsp3) is 0.161. The van der Waals surface area contributed by atoms with E-state index in [1.165, 1.54) is 29.5 Å². The van der Waals surface area contributed by atoms with Gasteiger partial charge in [0.05, 0.1) is 17.4 Å². The van der Waals surface area contributed by atoms with E-state index in [1.807, 2.05) is 42.5 Å². The zero-order valence-electron chi connectivity index (χ0n) is 21.7. The van der Waals surface area contributed by atoms with Crippen LogP contribution in [-0.4, -0.2) is 29.3 Å². The van der Waals surface area contributed by atoms with Gasteiger partial charge in [-0.05, 0) is 52.6 Å². The average Bonchev–Trinajstić information content (AvgIpc) is 2.96. The minimum Gasteiger partial charge on any atom is -0.391 e. The smallest absolute Gasteiger partial charge is 0.269 e. The molecule has 0 saturated heterocycles. The number of nitro groups is 1. The first kappa shape index (κ1) is 27.2. The van der Waals surface area contributed by atoms with Crippen LogP contribution in [0.2, 0.25) is 0 Å². The number of benzene rings is 4. The van der Waals surface area contributed by atoms with E-state index < -0.39 is 4.92 Å². The van der Waals surface area contributed by atoms with Crippen molar-refractivity contribution in [3.05, 3.63) is 147 Å². The van der Waals surface area contributed by atoms with Crippen LogP contribution in [0.1, 0.15) is 33.4 Å². The summed E-state index contributed by atoms with van der Waals surface area (Å²) in [6, 6.07) is 32.6. The van der Waals surface area contributed by atoms with Crippen molar-refractivity contribution >= 4 is 18.1 Å². The molecule has 8 nitrogen and oxygen atoms in total. The Kier molecular flexibility index (Phi) is 9.92. The summed E-state index contributed by atoms with van der Waals surface area (Å²) in [5.74, 6) is 0. The molecule has 0 fully saturated rings. The lowest BCUT2D eigenvalue weighted by molar-refractivity contribution is -0.384. The van der Waals surface area contributed by atoms with Crippen LogP contribution in [-0.2, 0) is 36.0 Å². The number of oxime groups is 2. The molecule has 0 bridgehead atoms. The molecule has 0 radical (unpaired) electrons. The van der Waals surface area contributed by atoms with Gasteiger partial charge in [-0.3, -0.25) is 15.0 Å². The molecule has 0 aliphatic heterocycles. The topological polar surface area (TPSA) is 89.6 Å². The summed E-state index contributed by atoms with van der Waals surface area (Å²) >= 11 is 0. The molecule has 0 aromatic heterocycles. The molecule has 198 valence electrons. The van der Waals surface area contributed by atoms with E-state index in [-0.39, 0.29) is 5.69 Å². The molecule has 0 aliphatic carbocycles. The number of rotatable bonds is 13. The van der Waals surface area contributed by atoms with Crippen LogP contribution in [0.4, 0.5) is 5.69 Å². The van der Waals surface area contributed by atoms with Crippen molar-refractivity contribution in [3.63, 3.8) is 0 Å². The van der Waals surface area contributed by atoms with Gasteiger partial charge in [0.15, 0.2) is 0 Å². The normalized spacial score (nSPS) is 11.3. The van der Waals surface area contributed by atoms with Crippen LogP contribution in [0.3, 0.4) is 0 Å². The zero-order valence-corrected chi connectivity index (χ0v) is 21.7. The summed E-state index contributed by atoms with van der Waals surface area (Å²) in [5, 5.41) is 18.7. The Morgan fingerprint density at radius 3 is 1.56 bits per heavy atom. The van der Waals surface area contributed by atoms with Crippen LogP contribution in [0.25, 0.3) is 0 Å². The summed E-state index contributed by atoms with van der Waals surface area (Å²) in [6.07, 6.45) is 3.24. The number of hydrogen-bond acceptors (Lipinski definition) is 7. The minimum absolute atomic E-state index is 0.0446.